The van der Waals surface area contributed by atoms with E-state index in [0.717, 1.165) is 12.0 Å². The van der Waals surface area contributed by atoms with Crippen LogP contribution in [-0.4, -0.2) is 93.4 Å². The van der Waals surface area contributed by atoms with E-state index in [4.69, 9.17) is 34.2 Å². The van der Waals surface area contributed by atoms with Crippen LogP contribution in [0.2, 0.25) is 0 Å². The predicted octanol–water partition coefficient (Wildman–Crippen LogP) is 4.98. The van der Waals surface area contributed by atoms with Gasteiger partial charge in [-0.2, -0.15) is 0 Å². The molecule has 1 saturated heterocycles. The highest BCUT2D eigenvalue weighted by molar-refractivity contribution is 5.89. The molecule has 3 N–H and O–H groups in total. The molecule has 1 aromatic heterocycles. The zero-order valence-corrected chi connectivity index (χ0v) is 32.4. The molecular weight excluding hydrogens is 684 g/mol. The lowest BCUT2D eigenvalue weighted by Crippen LogP contribution is -2.47. The van der Waals surface area contributed by atoms with E-state index in [1.165, 1.54) is 17.3 Å². The minimum absolute atomic E-state index is 0.0698. The first-order chi connectivity index (χ1) is 25.2. The largest absolute Gasteiger partial charge is 0.493 e. The summed E-state index contributed by atoms with van der Waals surface area (Å²) in [5.74, 6) is -0.441. The molecule has 2 unspecified atom stereocenters. The Kier molecular flexibility index (Phi) is 16.8. The average Bonchev–Trinajstić information content (AvgIpc) is 3.53. The van der Waals surface area contributed by atoms with E-state index in [1.807, 2.05) is 32.0 Å². The Morgan fingerprint density at radius 3 is 2.40 bits per heavy atom. The van der Waals surface area contributed by atoms with Crippen molar-refractivity contribution in [2.24, 2.45) is 34.8 Å². The molecule has 2 aromatic rings. The van der Waals surface area contributed by atoms with Crippen LogP contribution in [0.3, 0.4) is 0 Å². The molecule has 3 rings (SSSR count). The molecule has 53 heavy (non-hydrogen) atoms. The number of pyridine rings is 1. The molecule has 14 nitrogen and oxygen atoms in total. The topological polar surface area (TPSA) is 178 Å². The molecule has 4 atom stereocenters. The molecule has 1 aliphatic heterocycles. The number of nitrogens with one attached hydrogen (secondary N) is 1. The summed E-state index contributed by atoms with van der Waals surface area (Å²) in [5, 5.41) is 2.91. The second kappa shape index (κ2) is 20.7. The number of rotatable bonds is 21. The highest BCUT2D eigenvalue weighted by Gasteiger charge is 2.43. The van der Waals surface area contributed by atoms with E-state index in [0.29, 0.717) is 44.0 Å². The minimum atomic E-state index is -0.925. The van der Waals surface area contributed by atoms with Crippen LogP contribution in [-0.2, 0) is 35.0 Å². The van der Waals surface area contributed by atoms with Gasteiger partial charge in [0.1, 0.15) is 6.73 Å². The number of amides is 3. The fourth-order valence-electron chi connectivity index (χ4n) is 6.07. The lowest BCUT2D eigenvalue weighted by atomic mass is 9.80. The maximum Gasteiger partial charge on any atom is 0.414 e. The Labute approximate surface area is 313 Å². The number of nitrogens with two attached hydrogens (primary N) is 1. The first-order valence-electron chi connectivity index (χ1n) is 18.2. The SMILES string of the molecule is COCCCOc1cc(C[C@@H](CC2C(C[C@H](C(=O)NCC(C)(C)C(N)=O)C(C)C)OCN2C(=O)OCOC(=O)c2cccnc2)C(C)C)ccc1OC. The number of nitrogens with zero attached hydrogens (tertiary/aromatic N) is 2. The van der Waals surface area contributed by atoms with Gasteiger partial charge in [-0.05, 0) is 80.7 Å². The Balaban J connectivity index is 1.84. The van der Waals surface area contributed by atoms with Crippen LogP contribution in [0.1, 0.15) is 76.7 Å². The average molecular weight is 743 g/mol. The lowest BCUT2D eigenvalue weighted by Gasteiger charge is -2.33. The van der Waals surface area contributed by atoms with Gasteiger partial charge in [0.15, 0.2) is 11.5 Å². The number of benzene rings is 1. The molecule has 0 bridgehead atoms. The summed E-state index contributed by atoms with van der Waals surface area (Å²) in [6, 6.07) is 8.57. The summed E-state index contributed by atoms with van der Waals surface area (Å²) < 4.78 is 33.6. The Bertz CT molecular complexity index is 1490. The summed E-state index contributed by atoms with van der Waals surface area (Å²) in [6.07, 6.45) is 3.92. The third kappa shape index (κ3) is 12.9. The molecule has 0 spiro atoms. The first-order valence-corrected chi connectivity index (χ1v) is 18.2. The maximum absolute atomic E-state index is 13.6. The fraction of sp³-hybridized carbons (Fsp3) is 0.615. The van der Waals surface area contributed by atoms with E-state index in [1.54, 1.807) is 40.2 Å². The maximum atomic E-state index is 13.6. The predicted molar refractivity (Wildman–Crippen MR) is 197 cm³/mol. The van der Waals surface area contributed by atoms with Crippen LogP contribution >= 0.6 is 0 Å². The fourth-order valence-corrected chi connectivity index (χ4v) is 6.07. The molecule has 0 radical (unpaired) electrons. The number of carbonyl (C=O) groups excluding carboxylic acids is 4. The van der Waals surface area contributed by atoms with E-state index in [9.17, 15) is 19.2 Å². The molecule has 0 aliphatic carbocycles. The van der Waals surface area contributed by atoms with E-state index in [-0.39, 0.29) is 42.5 Å². The standard InChI is InChI=1S/C39H58N4O10/c1-25(2)29(17-27-12-13-32(49-8)34(18-27)50-16-10-15-48-7)19-31-33(20-30(26(3)4)35(44)42-22-39(5,6)37(40)46)51-23-43(31)38(47)53-24-52-36(45)28-11-9-14-41-21-28/h9,11-14,18,21,25-26,29-31,33H,10,15-17,19-20,22-24H2,1-8H3,(H2,40,46)(H,42,44)/t29-,30-,31?,33?/m0/s1. The van der Waals surface area contributed by atoms with Crippen LogP contribution in [0.25, 0.3) is 0 Å². The highest BCUT2D eigenvalue weighted by atomic mass is 16.7. The van der Waals surface area contributed by atoms with E-state index < -0.39 is 48.2 Å². The van der Waals surface area contributed by atoms with Crippen LogP contribution < -0.4 is 20.5 Å². The summed E-state index contributed by atoms with van der Waals surface area (Å²) >= 11 is 0. The van der Waals surface area contributed by atoms with Gasteiger partial charge in [0.2, 0.25) is 18.6 Å². The van der Waals surface area contributed by atoms with Gasteiger partial charge in [-0.25, -0.2) is 9.59 Å². The van der Waals surface area contributed by atoms with Gasteiger partial charge in [-0.15, -0.1) is 0 Å². The Morgan fingerprint density at radius 1 is 1.02 bits per heavy atom. The zero-order chi connectivity index (χ0) is 39.1. The first kappa shape index (κ1) is 43.0. The molecule has 1 fully saturated rings. The smallest absolute Gasteiger partial charge is 0.414 e. The van der Waals surface area contributed by atoms with Gasteiger partial charge in [-0.1, -0.05) is 33.8 Å². The van der Waals surface area contributed by atoms with Gasteiger partial charge >= 0.3 is 12.1 Å². The van der Waals surface area contributed by atoms with Gasteiger partial charge < -0.3 is 39.5 Å². The van der Waals surface area contributed by atoms with Crippen LogP contribution in [0, 0.1) is 29.1 Å². The number of ether oxygens (including phenoxy) is 6. The quantitative estimate of drug-likeness (QED) is 0.100. The van der Waals surface area contributed by atoms with Crippen molar-refractivity contribution < 1.29 is 47.6 Å². The molecular formula is C39H58N4O10. The zero-order valence-electron chi connectivity index (χ0n) is 32.4. The number of esters is 1. The molecule has 2 heterocycles. The van der Waals surface area contributed by atoms with Crippen molar-refractivity contribution in [1.82, 2.24) is 15.2 Å². The molecule has 3 amide bonds. The van der Waals surface area contributed by atoms with Gasteiger partial charge in [-0.3, -0.25) is 19.5 Å². The molecule has 1 aromatic carbocycles. The van der Waals surface area contributed by atoms with Crippen molar-refractivity contribution in [1.29, 1.82) is 0 Å². The normalized spacial score (nSPS) is 17.0. The van der Waals surface area contributed by atoms with E-state index in [2.05, 4.69) is 24.1 Å². The molecule has 14 heteroatoms. The van der Waals surface area contributed by atoms with Crippen molar-refractivity contribution in [3.8, 4) is 11.5 Å². The van der Waals surface area contributed by atoms with Crippen LogP contribution in [0.5, 0.6) is 11.5 Å². The number of methoxy groups -OCH3 is 2. The van der Waals surface area contributed by atoms with Gasteiger partial charge in [0.05, 0.1) is 36.8 Å². The van der Waals surface area contributed by atoms with Crippen molar-refractivity contribution in [3.05, 3.63) is 53.9 Å². The summed E-state index contributed by atoms with van der Waals surface area (Å²) in [5.41, 5.74) is 5.88. The Morgan fingerprint density at radius 2 is 1.77 bits per heavy atom. The molecule has 0 saturated carbocycles. The minimum Gasteiger partial charge on any atom is -0.493 e. The number of primary amides is 1. The number of aromatic nitrogens is 1. The number of carbonyl (C=O) groups is 4. The summed E-state index contributed by atoms with van der Waals surface area (Å²) in [6.45, 7) is 12.0. The Hall–Kier alpha value is -4.43. The monoisotopic (exact) mass is 742 g/mol. The van der Waals surface area contributed by atoms with Crippen molar-refractivity contribution in [3.63, 3.8) is 0 Å². The van der Waals surface area contributed by atoms with Gasteiger partial charge in [0.25, 0.3) is 0 Å². The third-order valence-corrected chi connectivity index (χ3v) is 9.72. The second-order valence-electron chi connectivity index (χ2n) is 14.7. The van der Waals surface area contributed by atoms with Crippen molar-refractivity contribution >= 4 is 23.9 Å². The van der Waals surface area contributed by atoms with Crippen molar-refractivity contribution in [2.45, 2.75) is 79.4 Å². The van der Waals surface area contributed by atoms with Crippen LogP contribution in [0.15, 0.2) is 42.7 Å². The van der Waals surface area contributed by atoms with Crippen molar-refractivity contribution in [2.75, 3.05) is 47.5 Å². The lowest BCUT2D eigenvalue weighted by molar-refractivity contribution is -0.130. The number of hydrogen-bond donors (Lipinski definition) is 2. The summed E-state index contributed by atoms with van der Waals surface area (Å²) in [4.78, 5) is 56.9. The number of hydrogen-bond acceptors (Lipinski definition) is 11. The third-order valence-electron chi connectivity index (χ3n) is 9.72. The summed E-state index contributed by atoms with van der Waals surface area (Å²) in [7, 11) is 3.25. The van der Waals surface area contributed by atoms with E-state index >= 15 is 0 Å². The molecule has 1 aliphatic rings. The molecule has 294 valence electrons. The second-order valence-corrected chi connectivity index (χ2v) is 14.7. The van der Waals surface area contributed by atoms with Gasteiger partial charge in [0, 0.05) is 45.0 Å². The van der Waals surface area contributed by atoms with Crippen LogP contribution in [0.4, 0.5) is 4.79 Å². The highest BCUT2D eigenvalue weighted by Crippen LogP contribution is 2.36.